The van der Waals surface area contributed by atoms with Crippen molar-refractivity contribution < 1.29 is 4.79 Å². The fraction of sp³-hybridized carbons (Fsp3) is 0.259. The maximum atomic E-state index is 13.6. The summed E-state index contributed by atoms with van der Waals surface area (Å²) in [5, 5.41) is 3.03. The van der Waals surface area contributed by atoms with Crippen molar-refractivity contribution in [3.05, 3.63) is 94.4 Å². The largest absolute Gasteiger partial charge is 0.351 e. The van der Waals surface area contributed by atoms with Gasteiger partial charge in [0, 0.05) is 25.0 Å². The van der Waals surface area contributed by atoms with Gasteiger partial charge in [0.2, 0.25) is 5.91 Å². The van der Waals surface area contributed by atoms with Gasteiger partial charge in [-0.1, -0.05) is 42.5 Å². The number of piperidine rings is 1. The molecule has 2 aromatic carbocycles. The molecule has 7 heteroatoms. The molecule has 0 bridgehead atoms. The number of amides is 1. The minimum Gasteiger partial charge on any atom is -0.351 e. The van der Waals surface area contributed by atoms with E-state index >= 15 is 0 Å². The number of pyridine rings is 1. The molecule has 1 aliphatic rings. The zero-order valence-electron chi connectivity index (χ0n) is 19.1. The summed E-state index contributed by atoms with van der Waals surface area (Å²) in [5.74, 6) is 0.134. The fourth-order valence-electron chi connectivity index (χ4n) is 4.53. The first-order chi connectivity index (χ1) is 16.6. The Morgan fingerprint density at radius 3 is 2.76 bits per heavy atom. The number of nitrogens with one attached hydrogen (secondary N) is 1. The van der Waals surface area contributed by atoms with Crippen LogP contribution in [0.5, 0.6) is 0 Å². The van der Waals surface area contributed by atoms with Gasteiger partial charge in [-0.25, -0.2) is 9.97 Å². The Hall–Kier alpha value is -4.00. The number of hydrogen-bond donors (Lipinski definition) is 1. The highest BCUT2D eigenvalue weighted by Gasteiger charge is 2.29. The highest BCUT2D eigenvalue weighted by Crippen LogP contribution is 2.23. The predicted molar refractivity (Wildman–Crippen MR) is 134 cm³/mol. The molecule has 34 heavy (non-hydrogen) atoms. The molecule has 1 amide bonds. The molecule has 0 saturated carbocycles. The van der Waals surface area contributed by atoms with Gasteiger partial charge in [-0.05, 0) is 55.2 Å². The van der Waals surface area contributed by atoms with E-state index in [4.69, 9.17) is 0 Å². The lowest BCUT2D eigenvalue weighted by Gasteiger charge is -2.32. The second-order valence-electron chi connectivity index (χ2n) is 8.80. The maximum Gasteiger partial charge on any atom is 0.295 e. The Morgan fingerprint density at radius 1 is 1.09 bits per heavy atom. The van der Waals surface area contributed by atoms with Gasteiger partial charge in [0.25, 0.3) is 5.56 Å². The molecule has 4 aromatic rings. The molecule has 1 N–H and O–H groups in total. The molecule has 0 aliphatic carbocycles. The zero-order valence-corrected chi connectivity index (χ0v) is 19.1. The second kappa shape index (κ2) is 9.47. The molecule has 1 atom stereocenters. The van der Waals surface area contributed by atoms with Crippen LogP contribution in [0.25, 0.3) is 11.2 Å². The van der Waals surface area contributed by atoms with Gasteiger partial charge in [-0.15, -0.1) is 0 Å². The summed E-state index contributed by atoms with van der Waals surface area (Å²) in [6.07, 6.45) is 3.27. The van der Waals surface area contributed by atoms with Crippen LogP contribution in [0.15, 0.2) is 77.7 Å². The van der Waals surface area contributed by atoms with E-state index in [1.165, 1.54) is 0 Å². The van der Waals surface area contributed by atoms with Crippen LogP contribution in [0.4, 0.5) is 11.5 Å². The third-order valence-corrected chi connectivity index (χ3v) is 6.25. The predicted octanol–water partition coefficient (Wildman–Crippen LogP) is 4.00. The van der Waals surface area contributed by atoms with E-state index in [0.717, 1.165) is 29.7 Å². The number of hydrogen-bond acceptors (Lipinski definition) is 5. The van der Waals surface area contributed by atoms with Gasteiger partial charge in [0.05, 0.1) is 12.5 Å². The summed E-state index contributed by atoms with van der Waals surface area (Å²) in [4.78, 5) is 37.7. The number of aryl methyl sites for hydroxylation is 1. The van der Waals surface area contributed by atoms with E-state index in [0.29, 0.717) is 36.6 Å². The van der Waals surface area contributed by atoms with Crippen LogP contribution < -0.4 is 15.8 Å². The van der Waals surface area contributed by atoms with Gasteiger partial charge < -0.3 is 10.2 Å². The lowest BCUT2D eigenvalue weighted by atomic mass is 9.97. The van der Waals surface area contributed by atoms with Crippen molar-refractivity contribution in [2.75, 3.05) is 23.3 Å². The average molecular weight is 454 g/mol. The monoisotopic (exact) mass is 453 g/mol. The Morgan fingerprint density at radius 2 is 1.94 bits per heavy atom. The fourth-order valence-corrected chi connectivity index (χ4v) is 4.53. The number of fused-ring (bicyclic) bond motifs is 1. The lowest BCUT2D eigenvalue weighted by molar-refractivity contribution is -0.120. The summed E-state index contributed by atoms with van der Waals surface area (Å²) >= 11 is 0. The normalized spacial score (nSPS) is 15.9. The van der Waals surface area contributed by atoms with Gasteiger partial charge in [-0.2, -0.15) is 0 Å². The molecule has 0 unspecified atom stereocenters. The van der Waals surface area contributed by atoms with Crippen molar-refractivity contribution >= 4 is 28.6 Å². The number of aromatic nitrogens is 3. The summed E-state index contributed by atoms with van der Waals surface area (Å²) in [5.41, 5.74) is 3.95. The summed E-state index contributed by atoms with van der Waals surface area (Å²) in [7, 11) is 0. The van der Waals surface area contributed by atoms with E-state index in [-0.39, 0.29) is 17.4 Å². The molecule has 2 aromatic heterocycles. The van der Waals surface area contributed by atoms with Gasteiger partial charge in [0.1, 0.15) is 5.52 Å². The first-order valence-corrected chi connectivity index (χ1v) is 11.6. The number of rotatable bonds is 5. The van der Waals surface area contributed by atoms with Crippen molar-refractivity contribution in [1.29, 1.82) is 0 Å². The molecule has 1 aliphatic heterocycles. The Balaban J connectivity index is 1.44. The van der Waals surface area contributed by atoms with Crippen LogP contribution >= 0.6 is 0 Å². The van der Waals surface area contributed by atoms with Gasteiger partial charge in [-0.3, -0.25) is 14.2 Å². The number of anilines is 2. The third-order valence-electron chi connectivity index (χ3n) is 6.25. The Labute approximate surface area is 198 Å². The van der Waals surface area contributed by atoms with Crippen molar-refractivity contribution in [1.82, 2.24) is 14.5 Å². The van der Waals surface area contributed by atoms with E-state index in [2.05, 4.69) is 15.3 Å². The molecule has 3 heterocycles. The Bertz CT molecular complexity index is 1380. The Kier molecular flexibility index (Phi) is 6.08. The number of benzene rings is 2. The number of carbonyl (C=O) groups is 1. The average Bonchev–Trinajstić information content (AvgIpc) is 2.86. The van der Waals surface area contributed by atoms with Crippen LogP contribution in [0.3, 0.4) is 0 Å². The first-order valence-electron chi connectivity index (χ1n) is 11.6. The zero-order chi connectivity index (χ0) is 23.5. The highest BCUT2D eigenvalue weighted by molar-refractivity contribution is 5.93. The minimum atomic E-state index is -0.220. The van der Waals surface area contributed by atoms with Crippen LogP contribution in [-0.4, -0.2) is 33.5 Å². The SMILES string of the molecule is Cc1cccc(NC(=O)[C@H]2CCCN(c3nc4cccnc4n(Cc4ccccc4)c3=O)C2)c1. The second-order valence-corrected chi connectivity index (χ2v) is 8.80. The number of nitrogens with zero attached hydrogens (tertiary/aromatic N) is 4. The minimum absolute atomic E-state index is 0.0256. The molecule has 1 saturated heterocycles. The van der Waals surface area contributed by atoms with Gasteiger partial charge in [0.15, 0.2) is 11.5 Å². The van der Waals surface area contributed by atoms with Crippen LogP contribution in [0.2, 0.25) is 0 Å². The van der Waals surface area contributed by atoms with Gasteiger partial charge >= 0.3 is 0 Å². The molecule has 5 rings (SSSR count). The molecule has 0 spiro atoms. The summed E-state index contributed by atoms with van der Waals surface area (Å²) < 4.78 is 1.68. The lowest BCUT2D eigenvalue weighted by Crippen LogP contribution is -2.44. The van der Waals surface area contributed by atoms with Crippen LogP contribution in [0, 0.1) is 12.8 Å². The highest BCUT2D eigenvalue weighted by atomic mass is 16.2. The quantitative estimate of drug-likeness (QED) is 0.494. The molecular formula is C27H27N5O2. The van der Waals surface area contributed by atoms with E-state index < -0.39 is 0 Å². The molecular weight excluding hydrogens is 426 g/mol. The standard InChI is InChI=1S/C27H27N5O2/c1-19-8-5-12-22(16-19)29-26(33)21-11-7-15-31(18-21)25-27(34)32(17-20-9-3-2-4-10-20)24-23(30-25)13-6-14-28-24/h2-6,8-10,12-14,16,21H,7,11,15,17-18H2,1H3,(H,29,33)/t21-/m0/s1. The third kappa shape index (κ3) is 4.55. The van der Waals surface area contributed by atoms with E-state index in [1.807, 2.05) is 78.6 Å². The van der Waals surface area contributed by atoms with Crippen LogP contribution in [-0.2, 0) is 11.3 Å². The maximum absolute atomic E-state index is 13.6. The van der Waals surface area contributed by atoms with Crippen LogP contribution in [0.1, 0.15) is 24.0 Å². The van der Waals surface area contributed by atoms with E-state index in [1.54, 1.807) is 10.8 Å². The van der Waals surface area contributed by atoms with Crippen molar-refractivity contribution in [3.63, 3.8) is 0 Å². The smallest absolute Gasteiger partial charge is 0.295 e. The van der Waals surface area contributed by atoms with E-state index in [9.17, 15) is 9.59 Å². The summed E-state index contributed by atoms with van der Waals surface area (Å²) in [6.45, 7) is 3.55. The summed E-state index contributed by atoms with van der Waals surface area (Å²) in [6, 6.07) is 21.3. The number of carbonyl (C=O) groups excluding carboxylic acids is 1. The van der Waals surface area contributed by atoms with Crippen molar-refractivity contribution in [2.45, 2.75) is 26.3 Å². The topological polar surface area (TPSA) is 80.1 Å². The van der Waals surface area contributed by atoms with Crippen molar-refractivity contribution in [3.8, 4) is 0 Å². The molecule has 1 fully saturated rings. The molecule has 0 radical (unpaired) electrons. The molecule has 7 nitrogen and oxygen atoms in total. The van der Waals surface area contributed by atoms with Crippen molar-refractivity contribution in [2.24, 2.45) is 5.92 Å². The molecule has 172 valence electrons. The first kappa shape index (κ1) is 21.8.